The van der Waals surface area contributed by atoms with Crippen molar-refractivity contribution in [2.45, 2.75) is 39.3 Å². The lowest BCUT2D eigenvalue weighted by Gasteiger charge is -2.20. The third-order valence-corrected chi connectivity index (χ3v) is 6.43. The van der Waals surface area contributed by atoms with Crippen LogP contribution in [-0.2, 0) is 17.8 Å². The fourth-order valence-corrected chi connectivity index (χ4v) is 4.48. The van der Waals surface area contributed by atoms with Crippen LogP contribution < -0.4 is 5.32 Å². The van der Waals surface area contributed by atoms with Gasteiger partial charge in [0, 0.05) is 35.8 Å². The fourth-order valence-electron chi connectivity index (χ4n) is 4.48. The van der Waals surface area contributed by atoms with Crippen LogP contribution >= 0.6 is 0 Å². The van der Waals surface area contributed by atoms with Gasteiger partial charge in [0.05, 0.1) is 11.2 Å². The summed E-state index contributed by atoms with van der Waals surface area (Å²) in [5, 5.41) is 24.3. The first kappa shape index (κ1) is 23.4. The van der Waals surface area contributed by atoms with E-state index in [9.17, 15) is 19.8 Å². The summed E-state index contributed by atoms with van der Waals surface area (Å²) in [4.78, 5) is 28.1. The summed E-state index contributed by atoms with van der Waals surface area (Å²) in [6.07, 6.45) is 1.15. The highest BCUT2D eigenvalue weighted by atomic mass is 16.4. The summed E-state index contributed by atoms with van der Waals surface area (Å²) in [5.41, 5.74) is 3.64. The van der Waals surface area contributed by atoms with Crippen LogP contribution in [0.2, 0.25) is 0 Å². The molecule has 0 aliphatic carbocycles. The molecule has 0 saturated heterocycles. The van der Waals surface area contributed by atoms with Crippen LogP contribution in [0, 0.1) is 5.92 Å². The topological polar surface area (TPSA) is 104 Å². The van der Waals surface area contributed by atoms with Gasteiger partial charge in [-0.1, -0.05) is 68.8 Å². The standard InChI is InChI=1S/C27H29N3O4/c1-3-17(2)24(27(33)34)28-14-13-21-25-20(15-22(29-21)26(31)32)19-11-7-8-12-23(19)30(25)16-18-9-5-4-6-10-18/h4-12,15,17,24,28H,3,13-14,16H2,1-2H3,(H,31,32)(H,33,34)/t17-,24-/m0/s1. The number of hydrogen-bond donors (Lipinski definition) is 3. The van der Waals surface area contributed by atoms with Gasteiger partial charge < -0.3 is 20.1 Å². The Morgan fingerprint density at radius 3 is 2.41 bits per heavy atom. The molecule has 0 fully saturated rings. The SMILES string of the molecule is CC[C@H](C)[C@H](NCCc1nc(C(=O)O)cc2c3ccccc3n(Cc3ccccc3)c12)C(=O)O. The van der Waals surface area contributed by atoms with Gasteiger partial charge >= 0.3 is 11.9 Å². The monoisotopic (exact) mass is 459 g/mol. The average molecular weight is 460 g/mol. The number of carboxylic acid groups (broad SMARTS) is 2. The predicted molar refractivity (Wildman–Crippen MR) is 132 cm³/mol. The van der Waals surface area contributed by atoms with Gasteiger partial charge in [-0.25, -0.2) is 9.78 Å². The van der Waals surface area contributed by atoms with Crippen molar-refractivity contribution >= 4 is 33.7 Å². The van der Waals surface area contributed by atoms with E-state index in [1.165, 1.54) is 0 Å². The Labute approximate surface area is 198 Å². The van der Waals surface area contributed by atoms with Crippen molar-refractivity contribution in [1.82, 2.24) is 14.9 Å². The number of fused-ring (bicyclic) bond motifs is 3. The number of hydrogen-bond acceptors (Lipinski definition) is 4. The van der Waals surface area contributed by atoms with E-state index >= 15 is 0 Å². The Hall–Kier alpha value is -3.71. The number of carboxylic acids is 2. The molecule has 2 aromatic heterocycles. The Balaban J connectivity index is 1.81. The largest absolute Gasteiger partial charge is 0.480 e. The maximum Gasteiger partial charge on any atom is 0.354 e. The highest BCUT2D eigenvalue weighted by Gasteiger charge is 2.23. The van der Waals surface area contributed by atoms with Crippen LogP contribution in [0.4, 0.5) is 0 Å². The molecule has 0 aliphatic heterocycles. The number of benzene rings is 2. The van der Waals surface area contributed by atoms with E-state index in [2.05, 4.69) is 27.0 Å². The van der Waals surface area contributed by atoms with Crippen LogP contribution in [0.25, 0.3) is 21.8 Å². The van der Waals surface area contributed by atoms with E-state index in [1.54, 1.807) is 6.07 Å². The third-order valence-electron chi connectivity index (χ3n) is 6.43. The smallest absolute Gasteiger partial charge is 0.354 e. The highest BCUT2D eigenvalue weighted by Crippen LogP contribution is 2.32. The molecule has 2 atom stereocenters. The van der Waals surface area contributed by atoms with E-state index in [1.807, 2.05) is 56.3 Å². The van der Waals surface area contributed by atoms with E-state index in [-0.39, 0.29) is 11.6 Å². The first-order valence-corrected chi connectivity index (χ1v) is 11.5. The number of aromatic carboxylic acids is 1. The number of carbonyl (C=O) groups is 2. The summed E-state index contributed by atoms with van der Waals surface area (Å²) >= 11 is 0. The van der Waals surface area contributed by atoms with Crippen LogP contribution in [0.1, 0.15) is 42.0 Å². The molecule has 4 aromatic rings. The zero-order chi connectivity index (χ0) is 24.2. The van der Waals surface area contributed by atoms with Gasteiger partial charge in [0.1, 0.15) is 11.7 Å². The van der Waals surface area contributed by atoms with E-state index < -0.39 is 18.0 Å². The minimum atomic E-state index is -1.08. The maximum absolute atomic E-state index is 11.9. The third kappa shape index (κ3) is 4.65. The number of para-hydroxylation sites is 1. The normalized spacial score (nSPS) is 13.2. The molecule has 176 valence electrons. The van der Waals surface area contributed by atoms with Gasteiger partial charge in [0.25, 0.3) is 0 Å². The van der Waals surface area contributed by atoms with E-state index in [0.717, 1.165) is 33.8 Å². The van der Waals surface area contributed by atoms with Crippen molar-refractivity contribution in [2.24, 2.45) is 5.92 Å². The maximum atomic E-state index is 11.9. The minimum absolute atomic E-state index is 0.0122. The number of aromatic nitrogens is 2. The molecule has 0 spiro atoms. The highest BCUT2D eigenvalue weighted by molar-refractivity contribution is 6.10. The summed E-state index contributed by atoms with van der Waals surface area (Å²) in [7, 11) is 0. The molecule has 34 heavy (non-hydrogen) atoms. The molecular formula is C27H29N3O4. The number of nitrogens with zero attached hydrogens (tertiary/aromatic N) is 2. The lowest BCUT2D eigenvalue weighted by molar-refractivity contribution is -0.140. The summed E-state index contributed by atoms with van der Waals surface area (Å²) < 4.78 is 2.18. The van der Waals surface area contributed by atoms with Crippen molar-refractivity contribution in [3.05, 3.63) is 77.6 Å². The zero-order valence-corrected chi connectivity index (χ0v) is 19.4. The number of pyridine rings is 1. The molecule has 0 unspecified atom stereocenters. The van der Waals surface area contributed by atoms with Crippen molar-refractivity contribution in [1.29, 1.82) is 0 Å². The summed E-state index contributed by atoms with van der Waals surface area (Å²) in [6, 6.07) is 19.0. The van der Waals surface area contributed by atoms with Gasteiger partial charge in [-0.2, -0.15) is 0 Å². The molecule has 0 bridgehead atoms. The Morgan fingerprint density at radius 1 is 1.03 bits per heavy atom. The molecular weight excluding hydrogens is 430 g/mol. The first-order chi connectivity index (χ1) is 16.4. The van der Waals surface area contributed by atoms with Gasteiger partial charge in [-0.3, -0.25) is 4.79 Å². The molecule has 2 aromatic carbocycles. The van der Waals surface area contributed by atoms with Crippen LogP contribution in [0.3, 0.4) is 0 Å². The Kier molecular flexibility index (Phi) is 6.93. The molecule has 7 heteroatoms. The van der Waals surface area contributed by atoms with E-state index in [4.69, 9.17) is 0 Å². The van der Waals surface area contributed by atoms with Crippen molar-refractivity contribution in [2.75, 3.05) is 6.54 Å². The quantitative estimate of drug-likeness (QED) is 0.321. The zero-order valence-electron chi connectivity index (χ0n) is 19.4. The molecule has 0 saturated carbocycles. The molecule has 0 radical (unpaired) electrons. The molecule has 0 aliphatic rings. The van der Waals surface area contributed by atoms with Crippen molar-refractivity contribution in [3.8, 4) is 0 Å². The second-order valence-corrected chi connectivity index (χ2v) is 8.65. The van der Waals surface area contributed by atoms with E-state index in [0.29, 0.717) is 25.2 Å². The van der Waals surface area contributed by atoms with Gasteiger partial charge in [-0.05, 0) is 23.6 Å². The van der Waals surface area contributed by atoms with Crippen molar-refractivity contribution < 1.29 is 19.8 Å². The van der Waals surface area contributed by atoms with Gasteiger partial charge in [0.2, 0.25) is 0 Å². The summed E-state index contributed by atoms with van der Waals surface area (Å²) in [6.45, 7) is 4.86. The Bertz CT molecular complexity index is 1330. The van der Waals surface area contributed by atoms with Crippen LogP contribution in [0.15, 0.2) is 60.7 Å². The average Bonchev–Trinajstić information content (AvgIpc) is 3.15. The number of rotatable bonds is 10. The molecule has 4 rings (SSSR count). The second kappa shape index (κ2) is 10.1. The minimum Gasteiger partial charge on any atom is -0.480 e. The fraction of sp³-hybridized carbons (Fsp3) is 0.296. The first-order valence-electron chi connectivity index (χ1n) is 11.5. The molecule has 0 amide bonds. The summed E-state index contributed by atoms with van der Waals surface area (Å²) in [5.74, 6) is -2.00. The molecule has 3 N–H and O–H groups in total. The lowest BCUT2D eigenvalue weighted by atomic mass is 9.99. The molecule has 2 heterocycles. The van der Waals surface area contributed by atoms with Gasteiger partial charge in [0.15, 0.2) is 0 Å². The predicted octanol–water partition coefficient (Wildman–Crippen LogP) is 4.57. The number of nitrogens with one attached hydrogen (secondary N) is 1. The lowest BCUT2D eigenvalue weighted by Crippen LogP contribution is -2.42. The van der Waals surface area contributed by atoms with Crippen molar-refractivity contribution in [3.63, 3.8) is 0 Å². The molecule has 7 nitrogen and oxygen atoms in total. The second-order valence-electron chi connectivity index (χ2n) is 8.65. The van der Waals surface area contributed by atoms with Crippen LogP contribution in [0.5, 0.6) is 0 Å². The van der Waals surface area contributed by atoms with Gasteiger partial charge in [-0.15, -0.1) is 0 Å². The van der Waals surface area contributed by atoms with Crippen LogP contribution in [-0.4, -0.2) is 44.3 Å². The Morgan fingerprint density at radius 2 is 1.74 bits per heavy atom. The number of aliphatic carboxylic acids is 1.